The Morgan fingerprint density at radius 2 is 2.26 bits per heavy atom. The highest BCUT2D eigenvalue weighted by Gasteiger charge is 2.34. The van der Waals surface area contributed by atoms with Crippen LogP contribution in [-0.4, -0.2) is 42.6 Å². The van der Waals surface area contributed by atoms with Crippen LogP contribution in [-0.2, 0) is 9.84 Å². The third kappa shape index (κ3) is 3.46. The number of hydrogen-bond donors (Lipinski definition) is 0. The molecule has 0 aromatic carbocycles. The van der Waals surface area contributed by atoms with Gasteiger partial charge in [-0.2, -0.15) is 11.8 Å². The van der Waals surface area contributed by atoms with Crippen molar-refractivity contribution in [3.63, 3.8) is 0 Å². The molecule has 1 aromatic rings. The summed E-state index contributed by atoms with van der Waals surface area (Å²) < 4.78 is 26.1. The molecule has 1 aliphatic heterocycles. The van der Waals surface area contributed by atoms with Crippen LogP contribution in [0.1, 0.15) is 6.92 Å². The topological polar surface area (TPSA) is 50.3 Å². The Hall–Kier alpha value is 0.210. The van der Waals surface area contributed by atoms with Gasteiger partial charge in [-0.05, 0) is 37.9 Å². The summed E-state index contributed by atoms with van der Waals surface area (Å²) in [6.07, 6.45) is 1.69. The standard InChI is InChI=1S/C11H14Br2N2O2S2/c1-2-19(16,17)10-7-18-4-3-15(10)11-9(13)5-8(12)6-14-11/h5-6,10H,2-4,7H2,1H3. The Morgan fingerprint density at radius 3 is 2.89 bits per heavy atom. The molecule has 106 valence electrons. The Balaban J connectivity index is 2.40. The number of pyridine rings is 1. The summed E-state index contributed by atoms with van der Waals surface area (Å²) in [4.78, 5) is 6.25. The minimum atomic E-state index is -3.11. The first-order valence-corrected chi connectivity index (χ1v) is 10.3. The van der Waals surface area contributed by atoms with Gasteiger partial charge in [-0.15, -0.1) is 0 Å². The van der Waals surface area contributed by atoms with Crippen molar-refractivity contribution < 1.29 is 8.42 Å². The Morgan fingerprint density at radius 1 is 1.53 bits per heavy atom. The van der Waals surface area contributed by atoms with Gasteiger partial charge in [0.15, 0.2) is 9.84 Å². The smallest absolute Gasteiger partial charge is 0.171 e. The summed E-state index contributed by atoms with van der Waals surface area (Å²) in [5, 5.41) is -0.485. The lowest BCUT2D eigenvalue weighted by Crippen LogP contribution is -2.48. The fourth-order valence-electron chi connectivity index (χ4n) is 1.93. The van der Waals surface area contributed by atoms with E-state index in [1.165, 1.54) is 0 Å². The quantitative estimate of drug-likeness (QED) is 0.739. The Bertz CT molecular complexity index is 566. The van der Waals surface area contributed by atoms with Gasteiger partial charge in [-0.25, -0.2) is 13.4 Å². The van der Waals surface area contributed by atoms with E-state index in [9.17, 15) is 8.42 Å². The van der Waals surface area contributed by atoms with Gasteiger partial charge in [-0.1, -0.05) is 6.92 Å². The van der Waals surface area contributed by atoms with Crippen LogP contribution in [0.25, 0.3) is 0 Å². The third-order valence-corrected chi connectivity index (χ3v) is 7.27. The first-order valence-electron chi connectivity index (χ1n) is 5.82. The van der Waals surface area contributed by atoms with Crippen molar-refractivity contribution in [2.45, 2.75) is 12.3 Å². The van der Waals surface area contributed by atoms with Gasteiger partial charge in [0.1, 0.15) is 11.2 Å². The summed E-state index contributed by atoms with van der Waals surface area (Å²) in [7, 11) is -3.11. The van der Waals surface area contributed by atoms with E-state index in [0.29, 0.717) is 18.1 Å². The lowest BCUT2D eigenvalue weighted by molar-refractivity contribution is 0.578. The zero-order chi connectivity index (χ0) is 14.0. The van der Waals surface area contributed by atoms with Crippen LogP contribution in [0.3, 0.4) is 0 Å². The SMILES string of the molecule is CCS(=O)(=O)C1CSCCN1c1ncc(Br)cc1Br. The monoisotopic (exact) mass is 428 g/mol. The molecule has 1 saturated heterocycles. The summed E-state index contributed by atoms with van der Waals surface area (Å²) >= 11 is 8.50. The highest BCUT2D eigenvalue weighted by Crippen LogP contribution is 2.32. The lowest BCUT2D eigenvalue weighted by atomic mass is 10.4. The van der Waals surface area contributed by atoms with E-state index in [-0.39, 0.29) is 5.75 Å². The van der Waals surface area contributed by atoms with Gasteiger partial charge in [0.2, 0.25) is 0 Å². The maximum atomic E-state index is 12.2. The molecule has 0 radical (unpaired) electrons. The van der Waals surface area contributed by atoms with Crippen LogP contribution >= 0.6 is 43.6 Å². The molecule has 2 heterocycles. The van der Waals surface area contributed by atoms with Crippen LogP contribution in [0, 0.1) is 0 Å². The normalized spacial score (nSPS) is 20.6. The molecule has 0 amide bonds. The number of anilines is 1. The van der Waals surface area contributed by atoms with Crippen LogP contribution in [0.15, 0.2) is 21.2 Å². The van der Waals surface area contributed by atoms with E-state index in [1.807, 2.05) is 11.0 Å². The molecule has 4 nitrogen and oxygen atoms in total. The van der Waals surface area contributed by atoms with Gasteiger partial charge in [0.25, 0.3) is 0 Å². The predicted molar refractivity (Wildman–Crippen MR) is 87.6 cm³/mol. The molecule has 0 bridgehead atoms. The second kappa shape index (κ2) is 6.32. The predicted octanol–water partition coefficient (Wildman–Crippen LogP) is 2.92. The number of thioether (sulfide) groups is 1. The summed E-state index contributed by atoms with van der Waals surface area (Å²) in [6, 6.07) is 1.89. The molecule has 0 N–H and O–H groups in total. The first-order chi connectivity index (χ1) is 8.95. The van der Waals surface area contributed by atoms with E-state index in [2.05, 4.69) is 36.8 Å². The van der Waals surface area contributed by atoms with E-state index in [4.69, 9.17) is 0 Å². The molecule has 2 rings (SSSR count). The molecule has 19 heavy (non-hydrogen) atoms. The van der Waals surface area contributed by atoms with Crippen molar-refractivity contribution in [1.82, 2.24) is 4.98 Å². The lowest BCUT2D eigenvalue weighted by Gasteiger charge is -2.36. The molecule has 1 aliphatic rings. The average Bonchev–Trinajstić information content (AvgIpc) is 2.39. The van der Waals surface area contributed by atoms with E-state index >= 15 is 0 Å². The number of sulfone groups is 1. The van der Waals surface area contributed by atoms with Crippen LogP contribution in [0.2, 0.25) is 0 Å². The van der Waals surface area contributed by atoms with E-state index in [0.717, 1.165) is 14.7 Å². The van der Waals surface area contributed by atoms with Gasteiger partial charge in [0.05, 0.1) is 4.47 Å². The van der Waals surface area contributed by atoms with Crippen LogP contribution < -0.4 is 4.90 Å². The number of rotatable bonds is 3. The molecule has 8 heteroatoms. The van der Waals surface area contributed by atoms with Crippen molar-refractivity contribution >= 4 is 59.3 Å². The summed E-state index contributed by atoms with van der Waals surface area (Å²) in [5.74, 6) is 2.37. The van der Waals surface area contributed by atoms with Crippen molar-refractivity contribution in [2.75, 3.05) is 28.7 Å². The number of halogens is 2. The first kappa shape index (κ1) is 15.6. The second-order valence-corrected chi connectivity index (χ2v) is 9.50. The molecule has 1 atom stereocenters. The van der Waals surface area contributed by atoms with Crippen molar-refractivity contribution in [3.8, 4) is 0 Å². The minimum absolute atomic E-state index is 0.156. The molecule has 1 fully saturated rings. The zero-order valence-corrected chi connectivity index (χ0v) is 15.1. The number of nitrogens with zero attached hydrogens (tertiary/aromatic N) is 2. The summed E-state index contributed by atoms with van der Waals surface area (Å²) in [6.45, 7) is 2.39. The van der Waals surface area contributed by atoms with Crippen LogP contribution in [0.4, 0.5) is 5.82 Å². The number of aromatic nitrogens is 1. The molecule has 0 aliphatic carbocycles. The zero-order valence-electron chi connectivity index (χ0n) is 10.3. The fraction of sp³-hybridized carbons (Fsp3) is 0.545. The van der Waals surface area contributed by atoms with Crippen molar-refractivity contribution in [3.05, 3.63) is 21.2 Å². The van der Waals surface area contributed by atoms with Crippen molar-refractivity contribution in [1.29, 1.82) is 0 Å². The molecule has 0 spiro atoms. The molecule has 0 saturated carbocycles. The molecule has 1 unspecified atom stereocenters. The molecular formula is C11H14Br2N2O2S2. The van der Waals surface area contributed by atoms with Gasteiger partial charge >= 0.3 is 0 Å². The van der Waals surface area contributed by atoms with Crippen molar-refractivity contribution in [2.24, 2.45) is 0 Å². The highest BCUT2D eigenvalue weighted by molar-refractivity contribution is 9.11. The number of hydrogen-bond acceptors (Lipinski definition) is 5. The van der Waals surface area contributed by atoms with Crippen LogP contribution in [0.5, 0.6) is 0 Å². The molecular weight excluding hydrogens is 416 g/mol. The third-order valence-electron chi connectivity index (χ3n) is 2.96. The Labute approximate surface area is 134 Å². The largest absolute Gasteiger partial charge is 0.337 e. The molecule has 1 aromatic heterocycles. The van der Waals surface area contributed by atoms with Gasteiger partial charge in [0, 0.05) is 34.5 Å². The highest BCUT2D eigenvalue weighted by atomic mass is 79.9. The van der Waals surface area contributed by atoms with Gasteiger partial charge < -0.3 is 4.90 Å². The fourth-order valence-corrected chi connectivity index (χ4v) is 6.12. The van der Waals surface area contributed by atoms with E-state index < -0.39 is 15.2 Å². The maximum Gasteiger partial charge on any atom is 0.171 e. The minimum Gasteiger partial charge on any atom is -0.337 e. The Kier molecular flexibility index (Phi) is 5.19. The second-order valence-electron chi connectivity index (χ2n) is 4.13. The van der Waals surface area contributed by atoms with E-state index in [1.54, 1.807) is 24.9 Å². The average molecular weight is 430 g/mol. The summed E-state index contributed by atoms with van der Waals surface area (Å²) in [5.41, 5.74) is 0. The van der Waals surface area contributed by atoms with Gasteiger partial charge in [-0.3, -0.25) is 0 Å². The maximum absolute atomic E-state index is 12.2.